The van der Waals surface area contributed by atoms with E-state index in [1.165, 1.54) is 12.3 Å². The number of piperidine rings is 1. The molecule has 0 saturated carbocycles. The molecule has 0 radical (unpaired) electrons. The third kappa shape index (κ3) is 3.20. The Morgan fingerprint density at radius 2 is 2.17 bits per heavy atom. The third-order valence-corrected chi connectivity index (χ3v) is 3.36. The molecule has 0 unspecified atom stereocenters. The Kier molecular flexibility index (Phi) is 4.15. The van der Waals surface area contributed by atoms with Gasteiger partial charge < -0.3 is 15.2 Å². The van der Waals surface area contributed by atoms with Crippen molar-refractivity contribution in [3.8, 4) is 0 Å². The van der Waals surface area contributed by atoms with Crippen LogP contribution in [0, 0.1) is 5.92 Å². The average molecular weight is 249 g/mol. The van der Waals surface area contributed by atoms with E-state index in [1.54, 1.807) is 18.0 Å². The first-order valence-electron chi connectivity index (χ1n) is 6.32. The van der Waals surface area contributed by atoms with Crippen LogP contribution in [0.5, 0.6) is 0 Å². The Labute approximate surface area is 106 Å². The summed E-state index contributed by atoms with van der Waals surface area (Å²) in [6.07, 6.45) is 3.72. The molecule has 0 spiro atoms. The molecule has 5 nitrogen and oxygen atoms in total. The van der Waals surface area contributed by atoms with Gasteiger partial charge in [0.2, 0.25) is 5.56 Å². The maximum Gasteiger partial charge on any atom is 0.253 e. The van der Waals surface area contributed by atoms with Gasteiger partial charge in [-0.25, -0.2) is 0 Å². The number of H-pyrrole nitrogens is 1. The van der Waals surface area contributed by atoms with Crippen molar-refractivity contribution in [1.29, 1.82) is 0 Å². The normalized spacial score (nSPS) is 16.5. The number of aromatic nitrogens is 1. The van der Waals surface area contributed by atoms with Gasteiger partial charge in [0.15, 0.2) is 0 Å². The van der Waals surface area contributed by atoms with Gasteiger partial charge in [-0.05, 0) is 37.9 Å². The van der Waals surface area contributed by atoms with Crippen molar-refractivity contribution < 1.29 is 4.79 Å². The first-order valence-corrected chi connectivity index (χ1v) is 6.32. The van der Waals surface area contributed by atoms with Gasteiger partial charge in [0.05, 0.1) is 0 Å². The highest BCUT2D eigenvalue weighted by Gasteiger charge is 2.19. The SMILES string of the molecule is CN(CC1CCNCC1)C(=O)c1cc[nH]c(=O)c1. The molecule has 18 heavy (non-hydrogen) atoms. The molecule has 1 amide bonds. The maximum absolute atomic E-state index is 12.1. The van der Waals surface area contributed by atoms with Crippen molar-refractivity contribution in [3.05, 3.63) is 34.2 Å². The zero-order chi connectivity index (χ0) is 13.0. The van der Waals surface area contributed by atoms with E-state index in [0.717, 1.165) is 32.5 Å². The fourth-order valence-electron chi connectivity index (χ4n) is 2.33. The molecule has 1 aliphatic rings. The zero-order valence-electron chi connectivity index (χ0n) is 10.6. The van der Waals surface area contributed by atoms with Crippen molar-refractivity contribution >= 4 is 5.91 Å². The summed E-state index contributed by atoms with van der Waals surface area (Å²) in [4.78, 5) is 27.5. The van der Waals surface area contributed by atoms with Crippen LogP contribution in [0.15, 0.2) is 23.1 Å². The minimum atomic E-state index is -0.240. The molecule has 5 heteroatoms. The van der Waals surface area contributed by atoms with E-state index in [9.17, 15) is 9.59 Å². The van der Waals surface area contributed by atoms with E-state index in [-0.39, 0.29) is 11.5 Å². The standard InChI is InChI=1S/C13H19N3O2/c1-16(9-10-2-5-14-6-3-10)13(18)11-4-7-15-12(17)8-11/h4,7-8,10,14H,2-3,5-6,9H2,1H3,(H,15,17). The Balaban J connectivity index is 1.97. The fraction of sp³-hybridized carbons (Fsp3) is 0.538. The van der Waals surface area contributed by atoms with Crippen molar-refractivity contribution in [2.24, 2.45) is 5.92 Å². The summed E-state index contributed by atoms with van der Waals surface area (Å²) in [7, 11) is 1.80. The second kappa shape index (κ2) is 5.82. The lowest BCUT2D eigenvalue weighted by Gasteiger charge is -2.27. The monoisotopic (exact) mass is 249 g/mol. The van der Waals surface area contributed by atoms with Gasteiger partial charge in [-0.15, -0.1) is 0 Å². The van der Waals surface area contributed by atoms with Crippen molar-refractivity contribution in [2.75, 3.05) is 26.7 Å². The summed E-state index contributed by atoms with van der Waals surface area (Å²) in [5.41, 5.74) is 0.214. The van der Waals surface area contributed by atoms with Crippen LogP contribution in [0.4, 0.5) is 0 Å². The lowest BCUT2D eigenvalue weighted by molar-refractivity contribution is 0.0762. The summed E-state index contributed by atoms with van der Waals surface area (Å²) < 4.78 is 0. The summed E-state index contributed by atoms with van der Waals surface area (Å²) >= 11 is 0. The third-order valence-electron chi connectivity index (χ3n) is 3.36. The molecule has 1 aliphatic heterocycles. The largest absolute Gasteiger partial charge is 0.341 e. The lowest BCUT2D eigenvalue weighted by Crippen LogP contribution is -2.37. The quantitative estimate of drug-likeness (QED) is 0.817. The van der Waals surface area contributed by atoms with E-state index in [4.69, 9.17) is 0 Å². The summed E-state index contributed by atoms with van der Waals surface area (Å²) in [5.74, 6) is 0.474. The predicted octanol–water partition coefficient (Wildman–Crippen LogP) is 0.446. The van der Waals surface area contributed by atoms with Gasteiger partial charge in [-0.1, -0.05) is 0 Å². The van der Waals surface area contributed by atoms with Crippen LogP contribution in [-0.4, -0.2) is 42.5 Å². The summed E-state index contributed by atoms with van der Waals surface area (Å²) in [5, 5.41) is 3.31. The molecule has 0 bridgehead atoms. The van der Waals surface area contributed by atoms with Gasteiger partial charge >= 0.3 is 0 Å². The number of amides is 1. The van der Waals surface area contributed by atoms with Crippen LogP contribution in [0.2, 0.25) is 0 Å². The summed E-state index contributed by atoms with van der Waals surface area (Å²) in [6.45, 7) is 2.81. The topological polar surface area (TPSA) is 65.2 Å². The van der Waals surface area contributed by atoms with Crippen LogP contribution in [0.3, 0.4) is 0 Å². The number of hydrogen-bond donors (Lipinski definition) is 2. The summed E-state index contributed by atoms with van der Waals surface area (Å²) in [6, 6.07) is 2.99. The molecule has 2 N–H and O–H groups in total. The van der Waals surface area contributed by atoms with Crippen molar-refractivity contribution in [3.63, 3.8) is 0 Å². The van der Waals surface area contributed by atoms with Crippen LogP contribution < -0.4 is 10.9 Å². The van der Waals surface area contributed by atoms with Crippen LogP contribution >= 0.6 is 0 Å². The lowest BCUT2D eigenvalue weighted by atomic mass is 9.97. The van der Waals surface area contributed by atoms with E-state index in [0.29, 0.717) is 11.5 Å². The van der Waals surface area contributed by atoms with Gasteiger partial charge in [0.1, 0.15) is 0 Å². The maximum atomic E-state index is 12.1. The molecule has 0 aliphatic carbocycles. The predicted molar refractivity (Wildman–Crippen MR) is 69.6 cm³/mol. The highest BCUT2D eigenvalue weighted by Crippen LogP contribution is 2.13. The molecule has 98 valence electrons. The Hall–Kier alpha value is -1.62. The fourth-order valence-corrected chi connectivity index (χ4v) is 2.33. The number of pyridine rings is 1. The smallest absolute Gasteiger partial charge is 0.253 e. The highest BCUT2D eigenvalue weighted by atomic mass is 16.2. The van der Waals surface area contributed by atoms with Gasteiger partial charge in [0.25, 0.3) is 5.91 Å². The van der Waals surface area contributed by atoms with Gasteiger partial charge in [-0.2, -0.15) is 0 Å². The number of nitrogens with zero attached hydrogens (tertiary/aromatic N) is 1. The number of rotatable bonds is 3. The van der Waals surface area contributed by atoms with Crippen molar-refractivity contribution in [2.45, 2.75) is 12.8 Å². The Bertz CT molecular complexity index is 463. The molecule has 0 aromatic carbocycles. The van der Waals surface area contributed by atoms with E-state index < -0.39 is 0 Å². The molecule has 2 rings (SSSR count). The second-order valence-corrected chi connectivity index (χ2v) is 4.82. The molecule has 1 fully saturated rings. The first kappa shape index (κ1) is 12.8. The number of aromatic amines is 1. The number of nitrogens with one attached hydrogen (secondary N) is 2. The van der Waals surface area contributed by atoms with E-state index in [1.807, 2.05) is 0 Å². The Morgan fingerprint density at radius 3 is 2.83 bits per heavy atom. The van der Waals surface area contributed by atoms with Gasteiger partial charge in [0, 0.05) is 31.4 Å². The van der Waals surface area contributed by atoms with Crippen LogP contribution in [0.1, 0.15) is 23.2 Å². The van der Waals surface area contributed by atoms with E-state index >= 15 is 0 Å². The highest BCUT2D eigenvalue weighted by molar-refractivity contribution is 5.93. The molecule has 1 saturated heterocycles. The molecule has 1 aromatic heterocycles. The van der Waals surface area contributed by atoms with Crippen LogP contribution in [-0.2, 0) is 0 Å². The Morgan fingerprint density at radius 1 is 1.44 bits per heavy atom. The number of carbonyl (C=O) groups is 1. The molecule has 1 aromatic rings. The molecular formula is C13H19N3O2. The first-order chi connectivity index (χ1) is 8.66. The van der Waals surface area contributed by atoms with Gasteiger partial charge in [-0.3, -0.25) is 9.59 Å². The minimum Gasteiger partial charge on any atom is -0.341 e. The average Bonchev–Trinajstić information content (AvgIpc) is 2.39. The minimum absolute atomic E-state index is 0.0837. The number of carbonyl (C=O) groups excluding carboxylic acids is 1. The van der Waals surface area contributed by atoms with Crippen LogP contribution in [0.25, 0.3) is 0 Å². The molecule has 2 heterocycles. The van der Waals surface area contributed by atoms with Crippen molar-refractivity contribution in [1.82, 2.24) is 15.2 Å². The number of hydrogen-bond acceptors (Lipinski definition) is 3. The zero-order valence-corrected chi connectivity index (χ0v) is 10.6. The van der Waals surface area contributed by atoms with E-state index in [2.05, 4.69) is 10.3 Å². The second-order valence-electron chi connectivity index (χ2n) is 4.82. The molecule has 0 atom stereocenters. The molecular weight excluding hydrogens is 230 g/mol.